The Labute approximate surface area is 81.1 Å². The van der Waals surface area contributed by atoms with Crippen LogP contribution in [-0.2, 0) is 0 Å². The predicted octanol–water partition coefficient (Wildman–Crippen LogP) is 2.76. The molecule has 0 radical (unpaired) electrons. The SMILES string of the molecule is CC1CCC(NC(C)CF)C(C)C1. The zero-order valence-electron chi connectivity index (χ0n) is 9.02. The van der Waals surface area contributed by atoms with Gasteiger partial charge in [-0.15, -0.1) is 0 Å². The Kier molecular flexibility index (Phi) is 4.17. The molecule has 0 saturated heterocycles. The van der Waals surface area contributed by atoms with E-state index in [1.807, 2.05) is 6.92 Å². The zero-order valence-corrected chi connectivity index (χ0v) is 9.02. The number of hydrogen-bond donors (Lipinski definition) is 1. The maximum atomic E-state index is 12.3. The number of rotatable bonds is 3. The molecule has 78 valence electrons. The van der Waals surface area contributed by atoms with Gasteiger partial charge in [-0.05, 0) is 38.0 Å². The van der Waals surface area contributed by atoms with E-state index in [4.69, 9.17) is 0 Å². The fourth-order valence-electron chi connectivity index (χ4n) is 2.32. The summed E-state index contributed by atoms with van der Waals surface area (Å²) in [7, 11) is 0. The molecule has 1 N–H and O–H groups in total. The summed E-state index contributed by atoms with van der Waals surface area (Å²) >= 11 is 0. The van der Waals surface area contributed by atoms with Crippen LogP contribution in [0.25, 0.3) is 0 Å². The Morgan fingerprint density at radius 2 is 2.08 bits per heavy atom. The van der Waals surface area contributed by atoms with Gasteiger partial charge in [-0.1, -0.05) is 13.8 Å². The summed E-state index contributed by atoms with van der Waals surface area (Å²) in [6, 6.07) is 0.572. The van der Waals surface area contributed by atoms with E-state index in [2.05, 4.69) is 19.2 Å². The monoisotopic (exact) mass is 187 g/mol. The minimum atomic E-state index is -0.251. The Balaban J connectivity index is 2.33. The molecular weight excluding hydrogens is 165 g/mol. The van der Waals surface area contributed by atoms with Crippen molar-refractivity contribution in [1.29, 1.82) is 0 Å². The van der Waals surface area contributed by atoms with E-state index in [-0.39, 0.29) is 12.7 Å². The molecule has 1 rings (SSSR count). The van der Waals surface area contributed by atoms with Gasteiger partial charge >= 0.3 is 0 Å². The second-order valence-corrected chi connectivity index (χ2v) is 4.72. The number of halogens is 1. The Morgan fingerprint density at radius 1 is 1.38 bits per heavy atom. The molecule has 13 heavy (non-hydrogen) atoms. The van der Waals surface area contributed by atoms with Gasteiger partial charge in [0.1, 0.15) is 6.67 Å². The maximum Gasteiger partial charge on any atom is 0.104 e. The lowest BCUT2D eigenvalue weighted by atomic mass is 9.79. The number of hydrogen-bond acceptors (Lipinski definition) is 1. The van der Waals surface area contributed by atoms with Crippen LogP contribution < -0.4 is 5.32 Å². The van der Waals surface area contributed by atoms with Crippen LogP contribution in [0.4, 0.5) is 4.39 Å². The van der Waals surface area contributed by atoms with Crippen molar-refractivity contribution in [2.24, 2.45) is 11.8 Å². The molecular formula is C11H22FN. The summed E-state index contributed by atoms with van der Waals surface area (Å²) in [6.07, 6.45) is 3.80. The minimum absolute atomic E-state index is 0.0286. The standard InChI is InChI=1S/C11H22FN/c1-8-4-5-11(9(2)6-8)13-10(3)7-12/h8-11,13H,4-7H2,1-3H3. The first-order chi connectivity index (χ1) is 6.13. The largest absolute Gasteiger partial charge is 0.309 e. The lowest BCUT2D eigenvalue weighted by Crippen LogP contribution is -2.44. The highest BCUT2D eigenvalue weighted by atomic mass is 19.1. The van der Waals surface area contributed by atoms with Crippen LogP contribution in [-0.4, -0.2) is 18.8 Å². The summed E-state index contributed by atoms with van der Waals surface area (Å²) in [5.74, 6) is 1.56. The zero-order chi connectivity index (χ0) is 9.84. The van der Waals surface area contributed by atoms with Crippen LogP contribution in [0.5, 0.6) is 0 Å². The average molecular weight is 187 g/mol. The molecule has 0 aromatic heterocycles. The van der Waals surface area contributed by atoms with E-state index in [1.54, 1.807) is 0 Å². The van der Waals surface area contributed by atoms with Gasteiger partial charge in [0.2, 0.25) is 0 Å². The van der Waals surface area contributed by atoms with Gasteiger partial charge in [-0.25, -0.2) is 4.39 Å². The highest BCUT2D eigenvalue weighted by Crippen LogP contribution is 2.28. The van der Waals surface area contributed by atoms with Gasteiger partial charge in [0, 0.05) is 12.1 Å². The molecule has 0 amide bonds. The summed E-state index contributed by atoms with van der Waals surface area (Å²) in [4.78, 5) is 0. The molecule has 2 heteroatoms. The minimum Gasteiger partial charge on any atom is -0.309 e. The van der Waals surface area contributed by atoms with Crippen molar-refractivity contribution in [2.45, 2.75) is 52.1 Å². The fourth-order valence-corrected chi connectivity index (χ4v) is 2.32. The number of nitrogens with one attached hydrogen (secondary N) is 1. The van der Waals surface area contributed by atoms with E-state index < -0.39 is 0 Å². The lowest BCUT2D eigenvalue weighted by Gasteiger charge is -2.34. The van der Waals surface area contributed by atoms with Gasteiger partial charge < -0.3 is 5.32 Å². The predicted molar refractivity (Wildman–Crippen MR) is 54.5 cm³/mol. The topological polar surface area (TPSA) is 12.0 Å². The van der Waals surface area contributed by atoms with Crippen LogP contribution in [0.1, 0.15) is 40.0 Å². The Bertz CT molecular complexity index is 149. The van der Waals surface area contributed by atoms with E-state index in [0.29, 0.717) is 12.0 Å². The first-order valence-electron chi connectivity index (χ1n) is 5.45. The van der Waals surface area contributed by atoms with Gasteiger partial charge in [-0.3, -0.25) is 0 Å². The molecule has 1 nitrogen and oxygen atoms in total. The molecule has 4 unspecified atom stereocenters. The molecule has 0 aliphatic heterocycles. The molecule has 0 aromatic carbocycles. The van der Waals surface area contributed by atoms with Crippen molar-refractivity contribution in [3.63, 3.8) is 0 Å². The molecule has 1 aliphatic carbocycles. The highest BCUT2D eigenvalue weighted by Gasteiger charge is 2.25. The van der Waals surface area contributed by atoms with Gasteiger partial charge in [0.15, 0.2) is 0 Å². The van der Waals surface area contributed by atoms with Gasteiger partial charge in [0.25, 0.3) is 0 Å². The first-order valence-corrected chi connectivity index (χ1v) is 5.45. The second kappa shape index (κ2) is 4.94. The smallest absolute Gasteiger partial charge is 0.104 e. The van der Waals surface area contributed by atoms with Crippen LogP contribution in [0.15, 0.2) is 0 Å². The van der Waals surface area contributed by atoms with Crippen LogP contribution in [0.2, 0.25) is 0 Å². The lowest BCUT2D eigenvalue weighted by molar-refractivity contribution is 0.207. The summed E-state index contributed by atoms with van der Waals surface area (Å²) in [5, 5.41) is 3.36. The normalized spacial score (nSPS) is 37.4. The first kappa shape index (κ1) is 11.0. The molecule has 0 bridgehead atoms. The third-order valence-corrected chi connectivity index (χ3v) is 3.16. The summed E-state index contributed by atoms with van der Waals surface area (Å²) < 4.78 is 12.3. The van der Waals surface area contributed by atoms with E-state index >= 15 is 0 Å². The molecule has 1 aliphatic rings. The molecule has 0 heterocycles. The molecule has 1 fully saturated rings. The summed E-state index contributed by atoms with van der Waals surface area (Å²) in [5.41, 5.74) is 0. The van der Waals surface area contributed by atoms with Gasteiger partial charge in [-0.2, -0.15) is 0 Å². The van der Waals surface area contributed by atoms with Gasteiger partial charge in [0.05, 0.1) is 0 Å². The van der Waals surface area contributed by atoms with Crippen molar-refractivity contribution in [3.05, 3.63) is 0 Å². The van der Waals surface area contributed by atoms with Crippen molar-refractivity contribution >= 4 is 0 Å². The van der Waals surface area contributed by atoms with Crippen LogP contribution in [0.3, 0.4) is 0 Å². The van der Waals surface area contributed by atoms with E-state index in [9.17, 15) is 4.39 Å². The number of alkyl halides is 1. The van der Waals surface area contributed by atoms with Crippen LogP contribution in [0, 0.1) is 11.8 Å². The Hall–Kier alpha value is -0.110. The maximum absolute atomic E-state index is 12.3. The molecule has 1 saturated carbocycles. The summed E-state index contributed by atoms with van der Waals surface area (Å²) in [6.45, 7) is 6.26. The third-order valence-electron chi connectivity index (χ3n) is 3.16. The third kappa shape index (κ3) is 3.26. The van der Waals surface area contributed by atoms with Crippen molar-refractivity contribution in [3.8, 4) is 0 Å². The fraction of sp³-hybridized carbons (Fsp3) is 1.00. The second-order valence-electron chi connectivity index (χ2n) is 4.72. The van der Waals surface area contributed by atoms with Crippen molar-refractivity contribution in [1.82, 2.24) is 5.32 Å². The molecule has 4 atom stereocenters. The quantitative estimate of drug-likeness (QED) is 0.716. The van der Waals surface area contributed by atoms with Crippen molar-refractivity contribution < 1.29 is 4.39 Å². The van der Waals surface area contributed by atoms with E-state index in [0.717, 1.165) is 5.92 Å². The van der Waals surface area contributed by atoms with Crippen molar-refractivity contribution in [2.75, 3.05) is 6.67 Å². The highest BCUT2D eigenvalue weighted by molar-refractivity contribution is 4.82. The molecule has 0 aromatic rings. The van der Waals surface area contributed by atoms with Crippen LogP contribution >= 0.6 is 0 Å². The molecule has 0 spiro atoms. The average Bonchev–Trinajstić information content (AvgIpc) is 2.09. The Morgan fingerprint density at radius 3 is 2.62 bits per heavy atom. The van der Waals surface area contributed by atoms with E-state index in [1.165, 1.54) is 19.3 Å².